The van der Waals surface area contributed by atoms with Crippen LogP contribution < -0.4 is 10.8 Å². The molecule has 106 valence electrons. The number of benzene rings is 1. The van der Waals surface area contributed by atoms with E-state index in [1.807, 2.05) is 32.3 Å². The van der Waals surface area contributed by atoms with Crippen LogP contribution in [0.15, 0.2) is 47.5 Å². The molecule has 0 aliphatic carbocycles. The number of hydrogen-bond acceptors (Lipinski definition) is 5. The third kappa shape index (κ3) is 2.20. The fraction of sp³-hybridized carbons (Fsp3) is 0.133. The van der Waals surface area contributed by atoms with Gasteiger partial charge in [-0.25, -0.2) is 14.4 Å². The second-order valence-electron chi connectivity index (χ2n) is 4.88. The van der Waals surface area contributed by atoms with E-state index in [9.17, 15) is 9.90 Å². The van der Waals surface area contributed by atoms with Crippen molar-refractivity contribution in [3.63, 3.8) is 0 Å². The van der Waals surface area contributed by atoms with Crippen molar-refractivity contribution in [2.24, 2.45) is 0 Å². The van der Waals surface area contributed by atoms with Gasteiger partial charge in [-0.1, -0.05) is 12.1 Å². The molecule has 6 nitrogen and oxygen atoms in total. The number of aliphatic hydroxyl groups excluding tert-OH is 1. The Balaban J connectivity index is 2.37. The predicted molar refractivity (Wildman–Crippen MR) is 80.8 cm³/mol. The van der Waals surface area contributed by atoms with Gasteiger partial charge in [0.2, 0.25) is 5.78 Å². The van der Waals surface area contributed by atoms with Crippen molar-refractivity contribution in [2.75, 3.05) is 14.1 Å². The molecule has 0 saturated carbocycles. The van der Waals surface area contributed by atoms with Crippen LogP contribution in [0.5, 0.6) is 0 Å². The monoisotopic (exact) mass is 282 g/mol. The lowest BCUT2D eigenvalue weighted by Crippen LogP contribution is -2.33. The Bertz CT molecular complexity index is 957. The van der Waals surface area contributed by atoms with Crippen molar-refractivity contribution >= 4 is 22.6 Å². The number of rotatable bonds is 2. The molecule has 0 atom stereocenters. The standard InChI is InChI=1S/C15H14N4O2/c1-18(2)8-7-13(20)10-9-16-15-17-11-5-3-4-6-12(11)19(15)14(10)21/h3-9,20H,1-2H3/b8-7+,13-10-. The summed E-state index contributed by atoms with van der Waals surface area (Å²) in [4.78, 5) is 22.7. The number of nitrogens with zero attached hydrogens (tertiary/aromatic N) is 4. The molecule has 21 heavy (non-hydrogen) atoms. The molecule has 0 amide bonds. The van der Waals surface area contributed by atoms with E-state index in [0.29, 0.717) is 16.8 Å². The molecule has 1 aromatic carbocycles. The van der Waals surface area contributed by atoms with Crippen LogP contribution in [-0.2, 0) is 0 Å². The maximum atomic E-state index is 12.5. The fourth-order valence-corrected chi connectivity index (χ4v) is 2.08. The average Bonchev–Trinajstić information content (AvgIpc) is 2.84. The lowest BCUT2D eigenvalue weighted by molar-refractivity contribution is 0.504. The zero-order chi connectivity index (χ0) is 15.0. The summed E-state index contributed by atoms with van der Waals surface area (Å²) in [5.41, 5.74) is 1.04. The molecular weight excluding hydrogens is 268 g/mol. The summed E-state index contributed by atoms with van der Waals surface area (Å²) >= 11 is 0. The quantitative estimate of drug-likeness (QED) is 0.749. The number of aliphatic hydroxyl groups is 1. The second-order valence-corrected chi connectivity index (χ2v) is 4.88. The van der Waals surface area contributed by atoms with Gasteiger partial charge < -0.3 is 10.0 Å². The third-order valence-corrected chi connectivity index (χ3v) is 3.09. The number of para-hydroxylation sites is 2. The lowest BCUT2D eigenvalue weighted by atomic mass is 10.3. The Labute approximate surface area is 120 Å². The molecule has 0 bridgehead atoms. The van der Waals surface area contributed by atoms with Crippen LogP contribution in [0.25, 0.3) is 22.6 Å². The van der Waals surface area contributed by atoms with Crippen LogP contribution in [0.1, 0.15) is 0 Å². The highest BCUT2D eigenvalue weighted by molar-refractivity contribution is 5.79. The zero-order valence-electron chi connectivity index (χ0n) is 11.7. The van der Waals surface area contributed by atoms with E-state index in [1.54, 1.807) is 17.2 Å². The molecule has 3 rings (SSSR count). The molecule has 0 spiro atoms. The molecule has 6 heteroatoms. The first-order valence-electron chi connectivity index (χ1n) is 6.42. The van der Waals surface area contributed by atoms with Crippen LogP contribution >= 0.6 is 0 Å². The van der Waals surface area contributed by atoms with E-state index in [-0.39, 0.29) is 16.5 Å². The Kier molecular flexibility index (Phi) is 3.06. The summed E-state index contributed by atoms with van der Waals surface area (Å²) in [5.74, 6) is 0.204. The van der Waals surface area contributed by atoms with Gasteiger partial charge in [-0.2, -0.15) is 0 Å². The molecule has 1 N–H and O–H groups in total. The zero-order valence-corrected chi connectivity index (χ0v) is 11.7. The van der Waals surface area contributed by atoms with Gasteiger partial charge in [-0.05, 0) is 18.2 Å². The number of fused-ring (bicyclic) bond motifs is 3. The van der Waals surface area contributed by atoms with Gasteiger partial charge in [-0.15, -0.1) is 0 Å². The maximum Gasteiger partial charge on any atom is 0.270 e. The molecular formula is C15H14N4O2. The SMILES string of the molecule is CN(C)/C=C/C(O)=c1\cnc2nc3ccccc3n2c1=O. The van der Waals surface area contributed by atoms with Crippen LogP contribution in [-0.4, -0.2) is 38.5 Å². The van der Waals surface area contributed by atoms with Gasteiger partial charge in [0.25, 0.3) is 5.56 Å². The summed E-state index contributed by atoms with van der Waals surface area (Å²) in [6.45, 7) is 0. The third-order valence-electron chi connectivity index (χ3n) is 3.09. The highest BCUT2D eigenvalue weighted by Gasteiger charge is 2.09. The van der Waals surface area contributed by atoms with Gasteiger partial charge in [0.1, 0.15) is 11.0 Å². The van der Waals surface area contributed by atoms with E-state index < -0.39 is 0 Å². The van der Waals surface area contributed by atoms with Gasteiger partial charge >= 0.3 is 0 Å². The van der Waals surface area contributed by atoms with Crippen molar-refractivity contribution < 1.29 is 5.11 Å². The summed E-state index contributed by atoms with van der Waals surface area (Å²) in [6.07, 6.45) is 4.47. The van der Waals surface area contributed by atoms with E-state index in [1.165, 1.54) is 16.7 Å². The Morgan fingerprint density at radius 2 is 2.10 bits per heavy atom. The highest BCUT2D eigenvalue weighted by Crippen LogP contribution is 2.11. The minimum atomic E-state index is -0.338. The van der Waals surface area contributed by atoms with E-state index in [0.717, 1.165) is 0 Å². The van der Waals surface area contributed by atoms with Gasteiger partial charge in [0.15, 0.2) is 0 Å². The van der Waals surface area contributed by atoms with Crippen LogP contribution in [0.2, 0.25) is 0 Å². The molecule has 2 heterocycles. The summed E-state index contributed by atoms with van der Waals surface area (Å²) in [7, 11) is 3.65. The molecule has 0 fully saturated rings. The smallest absolute Gasteiger partial charge is 0.270 e. The van der Waals surface area contributed by atoms with E-state index >= 15 is 0 Å². The summed E-state index contributed by atoms with van der Waals surface area (Å²) < 4.78 is 1.41. The number of imidazole rings is 1. The topological polar surface area (TPSA) is 70.7 Å². The minimum Gasteiger partial charge on any atom is -0.507 e. The number of aromatic nitrogens is 3. The normalized spacial score (nSPS) is 13.2. The van der Waals surface area contributed by atoms with E-state index in [2.05, 4.69) is 9.97 Å². The van der Waals surface area contributed by atoms with Crippen LogP contribution in [0.3, 0.4) is 0 Å². The average molecular weight is 282 g/mol. The summed E-state index contributed by atoms with van der Waals surface area (Å²) in [5, 5.41) is 10.2. The van der Waals surface area contributed by atoms with Crippen molar-refractivity contribution in [3.8, 4) is 0 Å². The molecule has 0 aliphatic heterocycles. The summed E-state index contributed by atoms with van der Waals surface area (Å²) in [6, 6.07) is 7.30. The maximum absolute atomic E-state index is 12.5. The Morgan fingerprint density at radius 1 is 1.33 bits per heavy atom. The Morgan fingerprint density at radius 3 is 2.86 bits per heavy atom. The molecule has 2 aromatic heterocycles. The Hall–Kier alpha value is -2.89. The molecule has 0 unspecified atom stereocenters. The molecule has 0 aliphatic rings. The van der Waals surface area contributed by atoms with Gasteiger partial charge in [-0.3, -0.25) is 4.79 Å². The number of hydrogen-bond donors (Lipinski definition) is 1. The molecule has 0 saturated heterocycles. The fourth-order valence-electron chi connectivity index (χ4n) is 2.08. The molecule has 3 aromatic rings. The van der Waals surface area contributed by atoms with Crippen molar-refractivity contribution in [2.45, 2.75) is 0 Å². The van der Waals surface area contributed by atoms with Crippen molar-refractivity contribution in [1.29, 1.82) is 0 Å². The molecule has 0 radical (unpaired) electrons. The predicted octanol–water partition coefficient (Wildman–Crippen LogP) is 0.703. The first kappa shape index (κ1) is 13.1. The van der Waals surface area contributed by atoms with Crippen molar-refractivity contribution in [3.05, 3.63) is 58.3 Å². The first-order chi connectivity index (χ1) is 10.1. The van der Waals surface area contributed by atoms with Crippen LogP contribution in [0, 0.1) is 0 Å². The first-order valence-corrected chi connectivity index (χ1v) is 6.42. The van der Waals surface area contributed by atoms with Crippen LogP contribution in [0.4, 0.5) is 0 Å². The highest BCUT2D eigenvalue weighted by atomic mass is 16.3. The van der Waals surface area contributed by atoms with Gasteiger partial charge in [0.05, 0.1) is 11.0 Å². The lowest BCUT2D eigenvalue weighted by Gasteiger charge is -2.02. The largest absolute Gasteiger partial charge is 0.507 e. The van der Waals surface area contributed by atoms with Gasteiger partial charge in [0, 0.05) is 26.5 Å². The second kappa shape index (κ2) is 4.90. The van der Waals surface area contributed by atoms with Crippen molar-refractivity contribution in [1.82, 2.24) is 19.3 Å². The van der Waals surface area contributed by atoms with E-state index in [4.69, 9.17) is 0 Å². The minimum absolute atomic E-state index is 0.124.